The van der Waals surface area contributed by atoms with E-state index in [1.165, 1.54) is 7.11 Å². The minimum absolute atomic E-state index is 0.140. The van der Waals surface area contributed by atoms with Crippen LogP contribution in [0.5, 0.6) is 11.5 Å². The Kier molecular flexibility index (Phi) is 10.7. The fraction of sp³-hybridized carbons (Fsp3) is 0.316. The molecule has 7 nitrogen and oxygen atoms in total. The molecule has 48 heavy (non-hydrogen) atoms. The van der Waals surface area contributed by atoms with Crippen molar-refractivity contribution in [1.82, 2.24) is 10.2 Å². The molecule has 0 saturated carbocycles. The molecule has 4 aromatic rings. The average Bonchev–Trinajstić information content (AvgIpc) is 3.37. The molecule has 0 spiro atoms. The van der Waals surface area contributed by atoms with Gasteiger partial charge >= 0.3 is 6.18 Å². The van der Waals surface area contributed by atoms with Crippen molar-refractivity contribution in [2.24, 2.45) is 5.73 Å². The summed E-state index contributed by atoms with van der Waals surface area (Å²) in [5.74, 6) is -0.144. The Morgan fingerprint density at radius 3 is 2.15 bits per heavy atom. The Labute approximate surface area is 278 Å². The smallest absolute Gasteiger partial charge is 0.406 e. The highest BCUT2D eigenvalue weighted by atomic mass is 19.4. The Balaban J connectivity index is 1.48. The van der Waals surface area contributed by atoms with Gasteiger partial charge in [-0.15, -0.1) is 0 Å². The third-order valence-corrected chi connectivity index (χ3v) is 8.72. The molecule has 1 aliphatic rings. The summed E-state index contributed by atoms with van der Waals surface area (Å²) >= 11 is 0. The molecule has 0 unspecified atom stereocenters. The first-order valence-corrected chi connectivity index (χ1v) is 15.9. The van der Waals surface area contributed by atoms with Gasteiger partial charge in [0.2, 0.25) is 11.8 Å². The van der Waals surface area contributed by atoms with Crippen LogP contribution in [-0.2, 0) is 28.2 Å². The summed E-state index contributed by atoms with van der Waals surface area (Å²) in [6, 6.07) is 27.6. The number of alkyl halides is 3. The maximum absolute atomic E-state index is 14.9. The van der Waals surface area contributed by atoms with Gasteiger partial charge in [-0.25, -0.2) is 0 Å². The number of hydrogen-bond acceptors (Lipinski definition) is 5. The largest absolute Gasteiger partial charge is 0.496 e. The van der Waals surface area contributed by atoms with Crippen LogP contribution in [0.25, 0.3) is 11.1 Å². The minimum Gasteiger partial charge on any atom is -0.496 e. The molecule has 0 aromatic heterocycles. The van der Waals surface area contributed by atoms with Crippen molar-refractivity contribution in [1.29, 1.82) is 0 Å². The summed E-state index contributed by atoms with van der Waals surface area (Å²) in [6.45, 7) is 0.722. The van der Waals surface area contributed by atoms with Crippen LogP contribution in [0.1, 0.15) is 47.1 Å². The molecule has 0 atom stereocenters. The average molecular weight is 660 g/mol. The number of unbranched alkanes of at least 4 members (excludes halogenated alkanes) is 1. The molecule has 0 radical (unpaired) electrons. The second kappa shape index (κ2) is 14.9. The van der Waals surface area contributed by atoms with Gasteiger partial charge in [-0.2, -0.15) is 13.2 Å². The fourth-order valence-electron chi connectivity index (χ4n) is 6.43. The number of fused-ring (bicyclic) bond motifs is 3. The van der Waals surface area contributed by atoms with Crippen LogP contribution in [0.15, 0.2) is 91.0 Å². The zero-order chi connectivity index (χ0) is 34.3. The highest BCUT2D eigenvalue weighted by Gasteiger charge is 2.51. The molecular weight excluding hydrogens is 619 g/mol. The van der Waals surface area contributed by atoms with Crippen molar-refractivity contribution < 1.29 is 32.2 Å². The molecule has 5 rings (SSSR count). The Hall–Kier alpha value is -4.83. The van der Waals surface area contributed by atoms with Crippen molar-refractivity contribution in [3.8, 4) is 22.6 Å². The number of nitrogens with zero attached hydrogens (tertiary/aromatic N) is 1. The maximum Gasteiger partial charge on any atom is 0.406 e. The molecule has 0 aliphatic heterocycles. The first-order valence-electron chi connectivity index (χ1n) is 15.9. The van der Waals surface area contributed by atoms with E-state index in [4.69, 9.17) is 15.2 Å². The minimum atomic E-state index is -4.66. The van der Waals surface area contributed by atoms with E-state index in [1.807, 2.05) is 67.6 Å². The van der Waals surface area contributed by atoms with Crippen molar-refractivity contribution >= 4 is 11.8 Å². The van der Waals surface area contributed by atoms with Gasteiger partial charge in [-0.1, -0.05) is 78.4 Å². The zero-order valence-corrected chi connectivity index (χ0v) is 27.1. The lowest BCUT2D eigenvalue weighted by molar-refractivity contribution is -0.165. The number of amides is 2. The molecule has 0 saturated heterocycles. The molecular formula is C38H40F3N3O4. The normalized spacial score (nSPS) is 13.0. The van der Waals surface area contributed by atoms with E-state index in [2.05, 4.69) is 5.32 Å². The zero-order valence-electron chi connectivity index (χ0n) is 27.1. The molecule has 10 heteroatoms. The fourth-order valence-corrected chi connectivity index (χ4v) is 6.43. The lowest BCUT2D eigenvalue weighted by Crippen LogP contribution is -2.49. The quantitative estimate of drug-likeness (QED) is 0.147. The molecule has 4 aromatic carbocycles. The molecule has 252 valence electrons. The summed E-state index contributed by atoms with van der Waals surface area (Å²) in [4.78, 5) is 27.5. The molecule has 0 bridgehead atoms. The van der Waals surface area contributed by atoms with Crippen molar-refractivity contribution in [2.45, 2.75) is 50.9 Å². The lowest BCUT2D eigenvalue weighted by atomic mass is 9.73. The van der Waals surface area contributed by atoms with Crippen molar-refractivity contribution in [2.75, 3.05) is 26.7 Å². The van der Waals surface area contributed by atoms with Crippen LogP contribution in [0.2, 0.25) is 0 Å². The first kappa shape index (κ1) is 34.5. The van der Waals surface area contributed by atoms with Gasteiger partial charge in [-0.05, 0) is 66.1 Å². The highest BCUT2D eigenvalue weighted by molar-refractivity contribution is 6.00. The number of benzene rings is 4. The standard InChI is InChI=1S/C38H40F3N3O4/c1-26-13-15-27(16-14-26)24-48-29-18-17-28(34(21-29)47-2)23-44(25-38(39,40)41)36(46)37(19-7-8-20-43-35(45)22-42)32-11-5-3-9-30(32)31-10-4-6-12-33(31)37/h3-6,9-18,21H,7-8,19-20,22-25,42H2,1-2H3,(H,43,45). The summed E-state index contributed by atoms with van der Waals surface area (Å²) in [6.07, 6.45) is -3.43. The van der Waals surface area contributed by atoms with Crippen LogP contribution >= 0.6 is 0 Å². The number of nitrogens with two attached hydrogens (primary N) is 1. The summed E-state index contributed by atoms with van der Waals surface area (Å²) in [5.41, 5.74) is 9.51. The predicted octanol–water partition coefficient (Wildman–Crippen LogP) is 6.69. The SMILES string of the molecule is COc1cc(OCc2ccc(C)cc2)ccc1CN(CC(F)(F)F)C(=O)C1(CCCCNC(=O)CN)c2ccccc2-c2ccccc21. The number of hydrogen-bond donors (Lipinski definition) is 2. The van der Waals surface area contributed by atoms with E-state index in [9.17, 15) is 22.8 Å². The van der Waals surface area contributed by atoms with E-state index >= 15 is 0 Å². The third-order valence-electron chi connectivity index (χ3n) is 8.72. The third kappa shape index (κ3) is 7.65. The molecule has 0 heterocycles. The van der Waals surface area contributed by atoms with Crippen LogP contribution < -0.4 is 20.5 Å². The van der Waals surface area contributed by atoms with E-state index in [-0.39, 0.29) is 25.4 Å². The molecule has 3 N–H and O–H groups in total. The Morgan fingerprint density at radius 2 is 1.54 bits per heavy atom. The van der Waals surface area contributed by atoms with Gasteiger partial charge in [-0.3, -0.25) is 9.59 Å². The number of ether oxygens (including phenoxy) is 2. The van der Waals surface area contributed by atoms with E-state index in [0.717, 1.165) is 27.2 Å². The summed E-state index contributed by atoms with van der Waals surface area (Å²) in [7, 11) is 1.44. The van der Waals surface area contributed by atoms with Gasteiger partial charge in [0.25, 0.3) is 0 Å². The number of methoxy groups -OCH3 is 1. The second-order valence-corrected chi connectivity index (χ2v) is 12.0. The lowest BCUT2D eigenvalue weighted by Gasteiger charge is -2.37. The van der Waals surface area contributed by atoms with Crippen LogP contribution in [-0.4, -0.2) is 49.6 Å². The Morgan fingerprint density at radius 1 is 0.896 bits per heavy atom. The van der Waals surface area contributed by atoms with E-state index < -0.39 is 24.0 Å². The summed E-state index contributed by atoms with van der Waals surface area (Å²) < 4.78 is 54.4. The van der Waals surface area contributed by atoms with Gasteiger partial charge < -0.3 is 25.4 Å². The summed E-state index contributed by atoms with van der Waals surface area (Å²) in [5, 5.41) is 2.73. The number of carbonyl (C=O) groups excluding carboxylic acids is 2. The van der Waals surface area contributed by atoms with Gasteiger partial charge in [0.1, 0.15) is 30.1 Å². The number of nitrogens with one attached hydrogen (secondary N) is 1. The number of carbonyl (C=O) groups is 2. The maximum atomic E-state index is 14.9. The number of halogens is 3. The Bertz CT molecular complexity index is 1690. The van der Waals surface area contributed by atoms with Crippen LogP contribution in [0.4, 0.5) is 13.2 Å². The predicted molar refractivity (Wildman–Crippen MR) is 179 cm³/mol. The van der Waals surface area contributed by atoms with Crippen molar-refractivity contribution in [3.05, 3.63) is 119 Å². The second-order valence-electron chi connectivity index (χ2n) is 12.0. The van der Waals surface area contributed by atoms with Gasteiger partial charge in [0.15, 0.2) is 0 Å². The molecule has 0 fully saturated rings. The number of aryl methyl sites for hydroxylation is 1. The molecule has 2 amide bonds. The van der Waals surface area contributed by atoms with E-state index in [0.29, 0.717) is 54.2 Å². The number of rotatable bonds is 14. The van der Waals surface area contributed by atoms with Gasteiger partial charge in [0, 0.05) is 24.7 Å². The topological polar surface area (TPSA) is 93.9 Å². The van der Waals surface area contributed by atoms with Crippen molar-refractivity contribution in [3.63, 3.8) is 0 Å². The van der Waals surface area contributed by atoms with Gasteiger partial charge in [0.05, 0.1) is 13.7 Å². The van der Waals surface area contributed by atoms with Crippen LogP contribution in [0.3, 0.4) is 0 Å². The first-order chi connectivity index (χ1) is 23.1. The van der Waals surface area contributed by atoms with E-state index in [1.54, 1.807) is 30.3 Å². The highest BCUT2D eigenvalue weighted by Crippen LogP contribution is 2.52. The van der Waals surface area contributed by atoms with Crippen LogP contribution in [0, 0.1) is 6.92 Å². The monoisotopic (exact) mass is 659 g/mol. The molecule has 1 aliphatic carbocycles.